The number of halogens is 1. The third-order valence-electron chi connectivity index (χ3n) is 4.90. The zero-order chi connectivity index (χ0) is 20.8. The maximum absolute atomic E-state index is 13.2. The van der Waals surface area contributed by atoms with Gasteiger partial charge in [-0.15, -0.1) is 0 Å². The molecule has 0 radical (unpaired) electrons. The molecule has 152 valence electrons. The molecule has 0 unspecified atom stereocenters. The van der Waals surface area contributed by atoms with Gasteiger partial charge in [-0.3, -0.25) is 19.4 Å². The summed E-state index contributed by atoms with van der Waals surface area (Å²) in [6, 6.07) is 7.86. The van der Waals surface area contributed by atoms with Crippen molar-refractivity contribution in [3.8, 4) is 11.5 Å². The smallest absolute Gasteiger partial charge is 0.263 e. The van der Waals surface area contributed by atoms with Gasteiger partial charge in [-0.05, 0) is 36.4 Å². The summed E-state index contributed by atoms with van der Waals surface area (Å²) in [6.45, 7) is -0.167. The van der Waals surface area contributed by atoms with Crippen molar-refractivity contribution in [3.05, 3.63) is 48.3 Å². The summed E-state index contributed by atoms with van der Waals surface area (Å²) in [4.78, 5) is 38.9. The second-order valence-electron chi connectivity index (χ2n) is 6.80. The molecule has 2 aromatic rings. The first-order valence-electron chi connectivity index (χ1n) is 9.01. The molecule has 11 heteroatoms. The van der Waals surface area contributed by atoms with Gasteiger partial charge in [0.1, 0.15) is 12.4 Å². The molecule has 2 atom stereocenters. The topological polar surface area (TPSA) is 113 Å². The predicted octanol–water partition coefficient (Wildman–Crippen LogP) is 1.49. The Morgan fingerprint density at radius 1 is 1.10 bits per heavy atom. The first-order chi connectivity index (χ1) is 14.5. The third-order valence-corrected chi connectivity index (χ3v) is 4.90. The van der Waals surface area contributed by atoms with E-state index in [0.29, 0.717) is 17.2 Å². The van der Waals surface area contributed by atoms with Crippen LogP contribution < -0.4 is 19.7 Å². The first kappa shape index (κ1) is 18.0. The van der Waals surface area contributed by atoms with E-state index in [1.54, 1.807) is 18.2 Å². The van der Waals surface area contributed by atoms with Crippen molar-refractivity contribution in [1.82, 2.24) is 5.01 Å². The molecule has 0 spiro atoms. The van der Waals surface area contributed by atoms with Crippen LogP contribution in [0.3, 0.4) is 0 Å². The Morgan fingerprint density at radius 2 is 1.87 bits per heavy atom. The highest BCUT2D eigenvalue weighted by Crippen LogP contribution is 2.35. The van der Waals surface area contributed by atoms with Gasteiger partial charge in [-0.1, -0.05) is 5.22 Å². The molecule has 1 fully saturated rings. The van der Waals surface area contributed by atoms with E-state index in [0.717, 1.165) is 17.0 Å². The SMILES string of the molecule is O=C(CN1N=N[C@@H]2C(=O)N(c3ccc(F)cc3)C(=O)[C@H]21)Nc1ccc2c(c1)OCO2. The van der Waals surface area contributed by atoms with Gasteiger partial charge < -0.3 is 14.8 Å². The molecule has 1 saturated heterocycles. The van der Waals surface area contributed by atoms with Gasteiger partial charge >= 0.3 is 0 Å². The molecule has 10 nitrogen and oxygen atoms in total. The fourth-order valence-corrected chi connectivity index (χ4v) is 3.52. The normalized spacial score (nSPS) is 21.4. The Morgan fingerprint density at radius 3 is 2.67 bits per heavy atom. The Labute approximate surface area is 168 Å². The first-order valence-corrected chi connectivity index (χ1v) is 9.01. The summed E-state index contributed by atoms with van der Waals surface area (Å²) in [5.41, 5.74) is 0.722. The lowest BCUT2D eigenvalue weighted by molar-refractivity contribution is -0.123. The highest BCUT2D eigenvalue weighted by molar-refractivity contribution is 6.25. The minimum absolute atomic E-state index is 0.116. The van der Waals surface area contributed by atoms with E-state index in [2.05, 4.69) is 15.7 Å². The number of anilines is 2. The molecule has 0 aliphatic carbocycles. The van der Waals surface area contributed by atoms with Crippen molar-refractivity contribution < 1.29 is 28.2 Å². The Kier molecular flexibility index (Phi) is 4.09. The second-order valence-corrected chi connectivity index (χ2v) is 6.80. The Bertz CT molecular complexity index is 1090. The number of ether oxygens (including phenoxy) is 2. The molecule has 30 heavy (non-hydrogen) atoms. The van der Waals surface area contributed by atoms with E-state index >= 15 is 0 Å². The van der Waals surface area contributed by atoms with Crippen molar-refractivity contribution in [1.29, 1.82) is 0 Å². The maximum Gasteiger partial charge on any atom is 0.263 e. The number of nitrogens with zero attached hydrogens (tertiary/aromatic N) is 4. The average molecular weight is 411 g/mol. The van der Waals surface area contributed by atoms with E-state index in [-0.39, 0.29) is 19.0 Å². The quantitative estimate of drug-likeness (QED) is 0.763. The number of rotatable bonds is 4. The minimum Gasteiger partial charge on any atom is -0.454 e. The fraction of sp³-hybridized carbons (Fsp3) is 0.211. The summed E-state index contributed by atoms with van der Waals surface area (Å²) < 4.78 is 23.7. The van der Waals surface area contributed by atoms with Crippen LogP contribution in [-0.2, 0) is 14.4 Å². The van der Waals surface area contributed by atoms with E-state index < -0.39 is 35.6 Å². The van der Waals surface area contributed by atoms with Crippen LogP contribution >= 0.6 is 0 Å². The second kappa shape index (κ2) is 6.79. The molecule has 1 N–H and O–H groups in total. The van der Waals surface area contributed by atoms with E-state index in [1.165, 1.54) is 17.1 Å². The number of benzene rings is 2. The largest absolute Gasteiger partial charge is 0.454 e. The highest BCUT2D eigenvalue weighted by atomic mass is 19.1. The van der Waals surface area contributed by atoms with Gasteiger partial charge in [0.2, 0.25) is 12.7 Å². The lowest BCUT2D eigenvalue weighted by Gasteiger charge is -2.20. The number of hydrogen-bond donors (Lipinski definition) is 1. The number of nitrogens with one attached hydrogen (secondary N) is 1. The summed E-state index contributed by atoms with van der Waals surface area (Å²) in [5.74, 6) is -0.981. The Balaban J connectivity index is 1.29. The molecule has 3 amide bonds. The maximum atomic E-state index is 13.2. The number of fused-ring (bicyclic) bond motifs is 2. The third kappa shape index (κ3) is 2.91. The summed E-state index contributed by atoms with van der Waals surface area (Å²) >= 11 is 0. The van der Waals surface area contributed by atoms with Crippen LogP contribution in [0.2, 0.25) is 0 Å². The molecular weight excluding hydrogens is 397 g/mol. The van der Waals surface area contributed by atoms with Crippen LogP contribution in [0.5, 0.6) is 11.5 Å². The summed E-state index contributed by atoms with van der Waals surface area (Å²) in [6.07, 6.45) is 0. The molecule has 0 aromatic heterocycles. The van der Waals surface area contributed by atoms with Crippen LogP contribution in [0.25, 0.3) is 0 Å². The van der Waals surface area contributed by atoms with Crippen LogP contribution in [0.4, 0.5) is 15.8 Å². The molecule has 0 bridgehead atoms. The van der Waals surface area contributed by atoms with E-state index in [4.69, 9.17) is 9.47 Å². The van der Waals surface area contributed by atoms with Crippen molar-refractivity contribution in [3.63, 3.8) is 0 Å². The van der Waals surface area contributed by atoms with Crippen molar-refractivity contribution >= 4 is 29.1 Å². The molecule has 0 saturated carbocycles. The molecule has 3 aliphatic rings. The average Bonchev–Trinajstić information content (AvgIpc) is 3.41. The van der Waals surface area contributed by atoms with Crippen molar-refractivity contribution in [2.24, 2.45) is 10.3 Å². The van der Waals surface area contributed by atoms with Gasteiger partial charge in [0.05, 0.1) is 5.69 Å². The minimum atomic E-state index is -1.04. The monoisotopic (exact) mass is 411 g/mol. The van der Waals surface area contributed by atoms with Gasteiger partial charge in [0.25, 0.3) is 11.8 Å². The molecule has 2 aromatic carbocycles. The fourth-order valence-electron chi connectivity index (χ4n) is 3.52. The molecule has 5 rings (SSSR count). The summed E-state index contributed by atoms with van der Waals surface area (Å²) in [5, 5.41) is 11.5. The number of carbonyl (C=O) groups excluding carboxylic acids is 3. The van der Waals surface area contributed by atoms with Crippen LogP contribution in [0, 0.1) is 5.82 Å². The number of carbonyl (C=O) groups is 3. The number of imide groups is 1. The van der Waals surface area contributed by atoms with Crippen molar-refractivity contribution in [2.75, 3.05) is 23.6 Å². The van der Waals surface area contributed by atoms with Crippen molar-refractivity contribution in [2.45, 2.75) is 12.1 Å². The van der Waals surface area contributed by atoms with Crippen LogP contribution in [0.15, 0.2) is 52.8 Å². The Hall–Kier alpha value is -4.02. The number of amides is 3. The van der Waals surface area contributed by atoms with Gasteiger partial charge in [-0.2, -0.15) is 5.11 Å². The van der Waals surface area contributed by atoms with Crippen LogP contribution in [-0.4, -0.2) is 48.2 Å². The predicted molar refractivity (Wildman–Crippen MR) is 99.2 cm³/mol. The molecular formula is C19H14FN5O5. The number of hydrogen-bond acceptors (Lipinski definition) is 8. The lowest BCUT2D eigenvalue weighted by atomic mass is 10.1. The van der Waals surface area contributed by atoms with Crippen LogP contribution in [0.1, 0.15) is 0 Å². The van der Waals surface area contributed by atoms with E-state index in [1.807, 2.05) is 0 Å². The van der Waals surface area contributed by atoms with Gasteiger partial charge in [-0.25, -0.2) is 9.29 Å². The zero-order valence-corrected chi connectivity index (χ0v) is 15.3. The lowest BCUT2D eigenvalue weighted by Crippen LogP contribution is -2.43. The molecule has 3 heterocycles. The molecule has 3 aliphatic heterocycles. The van der Waals surface area contributed by atoms with Gasteiger partial charge in [0.15, 0.2) is 23.6 Å². The zero-order valence-electron chi connectivity index (χ0n) is 15.3. The van der Waals surface area contributed by atoms with E-state index in [9.17, 15) is 18.8 Å². The standard InChI is InChI=1S/C19H14FN5O5/c20-10-1-4-12(5-2-10)25-18(27)16-17(19(25)28)24(23-22-16)8-15(26)21-11-3-6-13-14(7-11)30-9-29-13/h1-7,16-17H,8-9H2,(H,21,26)/t16-,17-/m0/s1. The van der Waals surface area contributed by atoms with Gasteiger partial charge in [0, 0.05) is 11.8 Å². The summed E-state index contributed by atoms with van der Waals surface area (Å²) in [7, 11) is 0. The highest BCUT2D eigenvalue weighted by Gasteiger charge is 2.55.